The van der Waals surface area contributed by atoms with Crippen LogP contribution in [0.1, 0.15) is 55.8 Å². The molecule has 112 valence electrons. The van der Waals surface area contributed by atoms with Gasteiger partial charge in [-0.1, -0.05) is 39.0 Å². The number of rotatable bonds is 9. The summed E-state index contributed by atoms with van der Waals surface area (Å²) in [5.41, 5.74) is 5.35. The number of unbranched alkanes of at least 4 members (excludes halogenated alkanes) is 5. The van der Waals surface area contributed by atoms with Crippen molar-refractivity contribution >= 4 is 17.3 Å². The number of halogens is 1. The van der Waals surface area contributed by atoms with Crippen LogP contribution in [0, 0.1) is 5.82 Å². The Kier molecular flexibility index (Phi) is 6.84. The van der Waals surface area contributed by atoms with Crippen molar-refractivity contribution in [2.75, 3.05) is 17.6 Å². The molecule has 1 aromatic rings. The summed E-state index contributed by atoms with van der Waals surface area (Å²) in [5.74, 6) is -1.92. The highest BCUT2D eigenvalue weighted by atomic mass is 19.1. The lowest BCUT2D eigenvalue weighted by molar-refractivity contribution is 0.0698. The van der Waals surface area contributed by atoms with E-state index in [0.29, 0.717) is 12.2 Å². The van der Waals surface area contributed by atoms with Crippen LogP contribution in [0.2, 0.25) is 0 Å². The van der Waals surface area contributed by atoms with Crippen LogP contribution in [0.25, 0.3) is 0 Å². The molecule has 0 unspecified atom stereocenters. The number of carboxylic acids is 1. The molecule has 1 rings (SSSR count). The molecule has 0 aliphatic heterocycles. The Balaban J connectivity index is 2.48. The number of carbonyl (C=O) groups is 1. The molecule has 0 atom stereocenters. The number of nitrogens with one attached hydrogen (secondary N) is 1. The number of benzene rings is 1. The lowest BCUT2D eigenvalue weighted by Crippen LogP contribution is -2.11. The summed E-state index contributed by atoms with van der Waals surface area (Å²) in [4.78, 5) is 11.1. The van der Waals surface area contributed by atoms with E-state index < -0.39 is 11.8 Å². The average Bonchev–Trinajstić information content (AvgIpc) is 2.41. The minimum Gasteiger partial charge on any atom is -0.478 e. The SMILES string of the molecule is CCCCCCCCNc1ccc(F)c(N)c1C(=O)O. The largest absolute Gasteiger partial charge is 0.478 e. The minimum absolute atomic E-state index is 0.184. The standard InChI is InChI=1S/C15H23FN2O2/c1-2-3-4-5-6-7-10-18-12-9-8-11(16)14(17)13(12)15(19)20/h8-9,18H,2-7,10,17H2,1H3,(H,19,20). The second kappa shape index (κ2) is 8.40. The molecule has 1 aromatic carbocycles. The van der Waals surface area contributed by atoms with Gasteiger partial charge in [-0.2, -0.15) is 0 Å². The molecule has 0 saturated heterocycles. The third-order valence-electron chi connectivity index (χ3n) is 3.25. The highest BCUT2D eigenvalue weighted by Crippen LogP contribution is 2.25. The van der Waals surface area contributed by atoms with Gasteiger partial charge in [0.2, 0.25) is 0 Å². The highest BCUT2D eigenvalue weighted by Gasteiger charge is 2.16. The van der Waals surface area contributed by atoms with Gasteiger partial charge in [-0.3, -0.25) is 0 Å². The molecule has 5 heteroatoms. The number of carboxylic acid groups (broad SMARTS) is 1. The van der Waals surface area contributed by atoms with Crippen molar-refractivity contribution in [3.8, 4) is 0 Å². The number of aromatic carboxylic acids is 1. The van der Waals surface area contributed by atoms with Gasteiger partial charge < -0.3 is 16.2 Å². The summed E-state index contributed by atoms with van der Waals surface area (Å²) < 4.78 is 13.3. The molecule has 0 aromatic heterocycles. The monoisotopic (exact) mass is 282 g/mol. The van der Waals surface area contributed by atoms with Crippen molar-refractivity contribution in [2.45, 2.75) is 45.4 Å². The van der Waals surface area contributed by atoms with E-state index in [4.69, 9.17) is 10.8 Å². The van der Waals surface area contributed by atoms with Gasteiger partial charge in [0.1, 0.15) is 11.4 Å². The maximum Gasteiger partial charge on any atom is 0.340 e. The minimum atomic E-state index is -1.22. The van der Waals surface area contributed by atoms with Crippen LogP contribution in [0.4, 0.5) is 15.8 Å². The maximum atomic E-state index is 13.3. The molecule has 4 nitrogen and oxygen atoms in total. The van der Waals surface area contributed by atoms with Gasteiger partial charge in [0.25, 0.3) is 0 Å². The Bertz CT molecular complexity index is 450. The first-order valence-electron chi connectivity index (χ1n) is 7.13. The fraction of sp³-hybridized carbons (Fsp3) is 0.533. The first-order valence-corrected chi connectivity index (χ1v) is 7.13. The van der Waals surface area contributed by atoms with Crippen molar-refractivity contribution < 1.29 is 14.3 Å². The van der Waals surface area contributed by atoms with Gasteiger partial charge in [0, 0.05) is 6.54 Å². The Morgan fingerprint density at radius 3 is 2.55 bits per heavy atom. The van der Waals surface area contributed by atoms with Crippen molar-refractivity contribution in [1.29, 1.82) is 0 Å². The molecule has 0 saturated carbocycles. The average molecular weight is 282 g/mol. The van der Waals surface area contributed by atoms with Crippen LogP contribution in [0.5, 0.6) is 0 Å². The van der Waals surface area contributed by atoms with Crippen LogP contribution >= 0.6 is 0 Å². The van der Waals surface area contributed by atoms with Crippen molar-refractivity contribution in [3.05, 3.63) is 23.5 Å². The molecule has 0 fully saturated rings. The molecule has 4 N–H and O–H groups in total. The summed E-state index contributed by atoms with van der Waals surface area (Å²) >= 11 is 0. The van der Waals surface area contributed by atoms with E-state index in [9.17, 15) is 9.18 Å². The lowest BCUT2D eigenvalue weighted by Gasteiger charge is -2.12. The van der Waals surface area contributed by atoms with Gasteiger partial charge in [-0.25, -0.2) is 9.18 Å². The van der Waals surface area contributed by atoms with Crippen molar-refractivity contribution in [3.63, 3.8) is 0 Å². The zero-order valence-corrected chi connectivity index (χ0v) is 11.9. The van der Waals surface area contributed by atoms with Crippen LogP contribution < -0.4 is 11.1 Å². The van der Waals surface area contributed by atoms with Gasteiger partial charge >= 0.3 is 5.97 Å². The van der Waals surface area contributed by atoms with E-state index in [2.05, 4.69) is 12.2 Å². The van der Waals surface area contributed by atoms with Crippen LogP contribution in [0.15, 0.2) is 12.1 Å². The van der Waals surface area contributed by atoms with E-state index in [1.165, 1.54) is 37.8 Å². The second-order valence-corrected chi connectivity index (χ2v) is 4.88. The normalized spacial score (nSPS) is 10.5. The third-order valence-corrected chi connectivity index (χ3v) is 3.25. The molecule has 0 spiro atoms. The number of nitrogens with two attached hydrogens (primary N) is 1. The van der Waals surface area contributed by atoms with Gasteiger partial charge in [0.15, 0.2) is 0 Å². The summed E-state index contributed by atoms with van der Waals surface area (Å²) in [7, 11) is 0. The Labute approximate surface area is 119 Å². The number of nitrogen functional groups attached to an aromatic ring is 1. The predicted molar refractivity (Wildman–Crippen MR) is 79.6 cm³/mol. The molecule has 0 aliphatic carbocycles. The maximum absolute atomic E-state index is 13.3. The van der Waals surface area contributed by atoms with E-state index >= 15 is 0 Å². The Morgan fingerprint density at radius 1 is 1.25 bits per heavy atom. The summed E-state index contributed by atoms with van der Waals surface area (Å²) in [6.07, 6.45) is 6.96. The van der Waals surface area contributed by atoms with E-state index in [1.54, 1.807) is 0 Å². The first-order chi connectivity index (χ1) is 9.57. The van der Waals surface area contributed by atoms with E-state index in [-0.39, 0.29) is 11.3 Å². The van der Waals surface area contributed by atoms with Gasteiger partial charge in [-0.15, -0.1) is 0 Å². The number of hydrogen-bond donors (Lipinski definition) is 3. The molecular formula is C15H23FN2O2. The van der Waals surface area contributed by atoms with Gasteiger partial charge in [-0.05, 0) is 18.6 Å². The Morgan fingerprint density at radius 2 is 1.90 bits per heavy atom. The quantitative estimate of drug-likeness (QED) is 0.474. The van der Waals surface area contributed by atoms with Crippen molar-refractivity contribution in [1.82, 2.24) is 0 Å². The fourth-order valence-electron chi connectivity index (χ4n) is 2.10. The Hall–Kier alpha value is -1.78. The fourth-order valence-corrected chi connectivity index (χ4v) is 2.10. The van der Waals surface area contributed by atoms with Gasteiger partial charge in [0.05, 0.1) is 11.4 Å². The summed E-state index contributed by atoms with van der Waals surface area (Å²) in [6, 6.07) is 2.61. The van der Waals surface area contributed by atoms with E-state index in [0.717, 1.165) is 12.8 Å². The summed E-state index contributed by atoms with van der Waals surface area (Å²) in [6.45, 7) is 2.84. The van der Waals surface area contributed by atoms with Crippen LogP contribution in [-0.4, -0.2) is 17.6 Å². The molecule has 0 amide bonds. The smallest absolute Gasteiger partial charge is 0.340 e. The molecular weight excluding hydrogens is 259 g/mol. The zero-order valence-electron chi connectivity index (χ0n) is 11.9. The lowest BCUT2D eigenvalue weighted by atomic mass is 10.1. The predicted octanol–water partition coefficient (Wildman–Crippen LogP) is 3.88. The summed E-state index contributed by atoms with van der Waals surface area (Å²) in [5, 5.41) is 12.1. The first kappa shape index (κ1) is 16.3. The second-order valence-electron chi connectivity index (χ2n) is 4.88. The van der Waals surface area contributed by atoms with E-state index in [1.807, 2.05) is 0 Å². The van der Waals surface area contributed by atoms with Crippen molar-refractivity contribution in [2.24, 2.45) is 0 Å². The third kappa shape index (κ3) is 4.72. The topological polar surface area (TPSA) is 75.3 Å². The number of hydrogen-bond acceptors (Lipinski definition) is 3. The molecule has 0 aliphatic rings. The molecule has 0 bridgehead atoms. The highest BCUT2D eigenvalue weighted by molar-refractivity contribution is 6.00. The molecule has 20 heavy (non-hydrogen) atoms. The van der Waals surface area contributed by atoms with Crippen LogP contribution in [0.3, 0.4) is 0 Å². The van der Waals surface area contributed by atoms with Crippen LogP contribution in [-0.2, 0) is 0 Å². The molecule has 0 radical (unpaired) electrons. The zero-order chi connectivity index (χ0) is 15.0. The number of anilines is 2. The molecule has 0 heterocycles.